The molecule has 3 aromatic carbocycles. The molecule has 0 aliphatic carbocycles. The second-order valence-corrected chi connectivity index (χ2v) is 27.2. The van der Waals surface area contributed by atoms with Crippen LogP contribution < -0.4 is 75.7 Å². The number of aliphatic hydroxyl groups excluding tert-OH is 4. The fourth-order valence-electron chi connectivity index (χ4n) is 10.6. The first-order valence-corrected chi connectivity index (χ1v) is 34.3. The van der Waals surface area contributed by atoms with Crippen LogP contribution >= 0.6 is 0 Å². The molecule has 0 spiro atoms. The summed E-state index contributed by atoms with van der Waals surface area (Å²) in [5.41, 5.74) is 15.5. The van der Waals surface area contributed by atoms with Gasteiger partial charge in [0.25, 0.3) is 5.69 Å². The number of nitro benzene ring substituents is 1. The van der Waals surface area contributed by atoms with Gasteiger partial charge in [0, 0.05) is 31.5 Å². The Balaban J connectivity index is 2.07. The molecular formula is C69H100N16O21. The van der Waals surface area contributed by atoms with Crippen molar-refractivity contribution in [3.63, 3.8) is 0 Å². The predicted molar refractivity (Wildman–Crippen MR) is 379 cm³/mol. The molecule has 0 aromatic heterocycles. The maximum Gasteiger partial charge on any atom is 0.408 e. The molecule has 0 unspecified atom stereocenters. The Morgan fingerprint density at radius 2 is 1.18 bits per heavy atom. The SMILES string of the molecule is CC[C@H](C)[C@@H]1NC(=O)[C@@H](CCCN=C(N)N)NC(=O)[C@H](CC(C)C)NC(=O)[C@H]([C@H](O)C(C)C)NC(=O)[C@@H](NC(=O)[C@H](Cc2ccc([N+](=O)[O-])cc2)NC(=O)[C@@H](Cc2ccccc2)NC(=O)OC(C)(C)C)[C@@H](c2ccccc2)OC(=O)[C@H](CO)NC(=O)[C@H]([C@H](O)C(N)=O)NC(=O)CNC(=O)[C@H]([C@H](C)O)NC1=O. The summed E-state index contributed by atoms with van der Waals surface area (Å²) >= 11 is 0. The van der Waals surface area contributed by atoms with Gasteiger partial charge in [0.15, 0.2) is 24.2 Å². The number of nitrogens with two attached hydrogens (primary N) is 3. The number of amides is 12. The van der Waals surface area contributed by atoms with Crippen LogP contribution in [0.25, 0.3) is 0 Å². The minimum atomic E-state index is -2.65. The topological polar surface area (TPSA) is 587 Å². The molecule has 1 fully saturated rings. The second kappa shape index (κ2) is 41.5. The van der Waals surface area contributed by atoms with Crippen molar-refractivity contribution in [2.24, 2.45) is 39.9 Å². The maximum absolute atomic E-state index is 15.8. The lowest BCUT2D eigenvalue weighted by atomic mass is 9.95. The highest BCUT2D eigenvalue weighted by Gasteiger charge is 2.44. The van der Waals surface area contributed by atoms with Crippen molar-refractivity contribution in [2.45, 2.75) is 198 Å². The number of esters is 1. The third-order valence-corrected chi connectivity index (χ3v) is 16.6. The molecule has 12 amide bonds. The molecule has 3 aromatic rings. The lowest BCUT2D eigenvalue weighted by molar-refractivity contribution is -0.384. The molecule has 0 bridgehead atoms. The van der Waals surface area contributed by atoms with Gasteiger partial charge in [-0.25, -0.2) is 9.59 Å². The second-order valence-electron chi connectivity index (χ2n) is 27.2. The minimum Gasteiger partial charge on any atom is -0.453 e. The van der Waals surface area contributed by atoms with Gasteiger partial charge in [0.05, 0.1) is 30.3 Å². The molecule has 15 atom stereocenters. The number of benzene rings is 3. The van der Waals surface area contributed by atoms with Gasteiger partial charge < -0.3 is 106 Å². The molecule has 1 aliphatic rings. The van der Waals surface area contributed by atoms with Gasteiger partial charge in [-0.2, -0.15) is 0 Å². The highest BCUT2D eigenvalue weighted by atomic mass is 16.6. The number of aliphatic hydroxyl groups is 4. The van der Waals surface area contributed by atoms with Gasteiger partial charge in [0.2, 0.25) is 65.0 Å². The number of hydrogen-bond acceptors (Lipinski definition) is 22. The van der Waals surface area contributed by atoms with Crippen molar-refractivity contribution >= 4 is 88.7 Å². The normalized spacial score (nSPS) is 22.6. The Morgan fingerprint density at radius 1 is 0.651 bits per heavy atom. The smallest absolute Gasteiger partial charge is 0.408 e. The molecule has 37 nitrogen and oxygen atoms in total. The molecule has 1 heterocycles. The fraction of sp³-hybridized carbons (Fsp3) is 0.536. The van der Waals surface area contributed by atoms with Crippen LogP contribution in [0.3, 0.4) is 0 Å². The number of non-ortho nitro benzene ring substituents is 1. The zero-order chi connectivity index (χ0) is 79.4. The Labute approximate surface area is 611 Å². The molecule has 4 rings (SSSR count). The first-order valence-electron chi connectivity index (χ1n) is 34.3. The summed E-state index contributed by atoms with van der Waals surface area (Å²) in [6, 6.07) is 0.123. The van der Waals surface area contributed by atoms with Gasteiger partial charge in [-0.05, 0) is 81.4 Å². The highest BCUT2D eigenvalue weighted by Crippen LogP contribution is 2.25. The van der Waals surface area contributed by atoms with Crippen LogP contribution in [-0.4, -0.2) is 212 Å². The zero-order valence-electron chi connectivity index (χ0n) is 60.6. The van der Waals surface area contributed by atoms with Crippen molar-refractivity contribution in [3.8, 4) is 0 Å². The number of nitrogens with zero attached hydrogens (tertiary/aromatic N) is 2. The number of nitrogens with one attached hydrogen (secondary N) is 11. The third kappa shape index (κ3) is 27.9. The van der Waals surface area contributed by atoms with Crippen LogP contribution in [0.2, 0.25) is 0 Å². The Kier molecular flexibility index (Phi) is 34.3. The van der Waals surface area contributed by atoms with Crippen molar-refractivity contribution in [2.75, 3.05) is 19.7 Å². The van der Waals surface area contributed by atoms with Crippen molar-refractivity contribution in [3.05, 3.63) is 112 Å². The van der Waals surface area contributed by atoms with Crippen LogP contribution in [-0.2, 0) is 79.8 Å². The number of guanidine groups is 1. The van der Waals surface area contributed by atoms with Gasteiger partial charge in [-0.3, -0.25) is 67.8 Å². The van der Waals surface area contributed by atoms with E-state index in [4.69, 9.17) is 26.7 Å². The van der Waals surface area contributed by atoms with E-state index in [2.05, 4.69) is 52.8 Å². The number of hydrogen-bond donors (Lipinski definition) is 18. The van der Waals surface area contributed by atoms with Crippen LogP contribution in [0.4, 0.5) is 10.5 Å². The van der Waals surface area contributed by atoms with E-state index >= 15 is 14.4 Å². The Morgan fingerprint density at radius 3 is 1.72 bits per heavy atom. The summed E-state index contributed by atoms with van der Waals surface area (Å²) in [6.07, 6.45) is -10.7. The molecule has 21 N–H and O–H groups in total. The number of primary amides is 1. The van der Waals surface area contributed by atoms with E-state index in [0.29, 0.717) is 5.56 Å². The van der Waals surface area contributed by atoms with E-state index in [1.807, 2.05) is 10.6 Å². The van der Waals surface area contributed by atoms with Crippen LogP contribution in [0.1, 0.15) is 118 Å². The number of aliphatic imine (C=N–C) groups is 1. The van der Waals surface area contributed by atoms with E-state index < -0.39 is 210 Å². The number of rotatable bonds is 25. The standard InChI is InChI=1S/C69H100N16O21/c1-11-36(6)48-62(97)82-49(37(7)87)61(96)74-32-47(88)80-51(54(90)56(70)91)64(99)78-46(33-86)66(101)105-55(40-21-16-13-17-22-40)52(65(100)83-50(53(89)35(4)5)63(98)77-43(29-34(2)3)58(93)75-42(57(92)81-48)23-18-28-73-67(71)72)84-60(95)44(31-39-24-26-41(27-25-39)85(103)104)76-59(94)45(30-38-19-14-12-15-20-38)79-68(102)106-69(8,9)10/h12-17,19-22,24-27,34-37,42-46,48-55,86-87,89-90H,11,18,23,28-33H2,1-10H3,(H2,70,91)(H,74,96)(H,75,93)(H,76,94)(H,77,98)(H,78,99)(H,79,102)(H,80,88)(H,81,92)(H,82,97)(H,83,100)(H,84,95)(H4,71,72,73)/t36-,37-,42+,43-,44-,45+,46-,48-,49-,50-,51-,52-,53+,54-,55+/m0/s1. The molecule has 37 heteroatoms. The quantitative estimate of drug-likeness (QED) is 0.00974. The largest absolute Gasteiger partial charge is 0.453 e. The molecule has 1 aliphatic heterocycles. The predicted octanol–water partition coefficient (Wildman–Crippen LogP) is -3.57. The molecule has 0 radical (unpaired) electrons. The number of nitro groups is 1. The summed E-state index contributed by atoms with van der Waals surface area (Å²) in [5.74, 6) is -18.3. The van der Waals surface area contributed by atoms with Gasteiger partial charge in [-0.1, -0.05) is 121 Å². The highest BCUT2D eigenvalue weighted by molar-refractivity contribution is 6.00. The van der Waals surface area contributed by atoms with Crippen LogP contribution in [0.5, 0.6) is 0 Å². The summed E-state index contributed by atoms with van der Waals surface area (Å²) in [7, 11) is 0. The van der Waals surface area contributed by atoms with E-state index in [1.165, 1.54) is 56.3 Å². The average molecular weight is 1490 g/mol. The van der Waals surface area contributed by atoms with E-state index in [9.17, 15) is 78.5 Å². The van der Waals surface area contributed by atoms with Gasteiger partial charge in [-0.15, -0.1) is 0 Å². The van der Waals surface area contributed by atoms with Crippen LogP contribution in [0.15, 0.2) is 89.9 Å². The number of carbonyl (C=O) groups excluding carboxylic acids is 13. The number of alkyl carbamates (subject to hydrolysis) is 1. The Bertz CT molecular complexity index is 3580. The zero-order valence-corrected chi connectivity index (χ0v) is 60.6. The Hall–Kier alpha value is -10.9. The van der Waals surface area contributed by atoms with Gasteiger partial charge >= 0.3 is 12.1 Å². The molecule has 582 valence electrons. The maximum atomic E-state index is 15.8. The number of ether oxygens (including phenoxy) is 2. The molecule has 1 saturated heterocycles. The van der Waals surface area contributed by atoms with Crippen molar-refractivity contribution in [1.29, 1.82) is 0 Å². The van der Waals surface area contributed by atoms with Crippen molar-refractivity contribution < 1.29 is 97.2 Å². The summed E-state index contributed by atoms with van der Waals surface area (Å²) in [6.45, 7) is 12.5. The molecule has 0 saturated carbocycles. The van der Waals surface area contributed by atoms with Crippen molar-refractivity contribution in [1.82, 2.24) is 58.5 Å². The summed E-state index contributed by atoms with van der Waals surface area (Å²) in [4.78, 5) is 203. The lowest BCUT2D eigenvalue weighted by Crippen LogP contribution is -2.64. The van der Waals surface area contributed by atoms with Gasteiger partial charge in [0.1, 0.15) is 60.0 Å². The first kappa shape index (κ1) is 87.5. The van der Waals surface area contributed by atoms with E-state index in [0.717, 1.165) is 19.1 Å². The number of carbonyl (C=O) groups is 13. The summed E-state index contributed by atoms with van der Waals surface area (Å²) in [5, 5.41) is 82.8. The summed E-state index contributed by atoms with van der Waals surface area (Å²) < 4.78 is 11.5. The minimum absolute atomic E-state index is 0.000986. The lowest BCUT2D eigenvalue weighted by Gasteiger charge is -2.33. The first-order chi connectivity index (χ1) is 49.7. The third-order valence-electron chi connectivity index (χ3n) is 16.6. The van der Waals surface area contributed by atoms with E-state index in [-0.39, 0.29) is 61.4 Å². The van der Waals surface area contributed by atoms with Crippen LogP contribution in [0, 0.1) is 27.9 Å². The fourth-order valence-corrected chi connectivity index (χ4v) is 10.6. The average Bonchev–Trinajstić information content (AvgIpc) is 0.810. The number of cyclic esters (lactones) is 1. The monoisotopic (exact) mass is 1490 g/mol. The van der Waals surface area contributed by atoms with E-state index in [1.54, 1.807) is 78.8 Å². The molecular weight excluding hydrogens is 1390 g/mol. The molecule has 106 heavy (non-hydrogen) atoms.